The van der Waals surface area contributed by atoms with Crippen LogP contribution in [0.5, 0.6) is 0 Å². The Balaban J connectivity index is 2.50. The van der Waals surface area contributed by atoms with Gasteiger partial charge in [0, 0.05) is 15.8 Å². The first-order valence-electron chi connectivity index (χ1n) is 5.69. The van der Waals surface area contributed by atoms with Gasteiger partial charge in [0.05, 0.1) is 5.56 Å². The predicted octanol–water partition coefficient (Wildman–Crippen LogP) is 4.05. The molecule has 1 aromatic rings. The fourth-order valence-electron chi connectivity index (χ4n) is 1.50. The van der Waals surface area contributed by atoms with Gasteiger partial charge < -0.3 is 5.32 Å². The van der Waals surface area contributed by atoms with E-state index in [1.54, 1.807) is 0 Å². The van der Waals surface area contributed by atoms with Crippen molar-refractivity contribution in [2.75, 3.05) is 6.54 Å². The Bertz CT molecular complexity index is 391. The number of alkyl halides is 1. The minimum Gasteiger partial charge on any atom is -0.352 e. The van der Waals surface area contributed by atoms with Gasteiger partial charge in [0.1, 0.15) is 0 Å². The molecular formula is C13H17Br2NO. The monoisotopic (exact) mass is 361 g/mol. The quantitative estimate of drug-likeness (QED) is 0.621. The van der Waals surface area contributed by atoms with Crippen molar-refractivity contribution in [3.63, 3.8) is 0 Å². The molecule has 0 saturated carbocycles. The Morgan fingerprint density at radius 1 is 1.47 bits per heavy atom. The lowest BCUT2D eigenvalue weighted by Crippen LogP contribution is -2.25. The normalized spacial score (nSPS) is 12.2. The van der Waals surface area contributed by atoms with Crippen LogP contribution in [-0.4, -0.2) is 17.3 Å². The number of nitrogens with one attached hydrogen (secondary N) is 1. The molecule has 0 heterocycles. The molecule has 2 nitrogen and oxygen atoms in total. The van der Waals surface area contributed by atoms with Gasteiger partial charge >= 0.3 is 0 Å². The van der Waals surface area contributed by atoms with Crippen molar-refractivity contribution < 1.29 is 4.79 Å². The third kappa shape index (κ3) is 4.80. The number of halogens is 2. The summed E-state index contributed by atoms with van der Waals surface area (Å²) in [6, 6.07) is 5.71. The number of carbonyl (C=O) groups is 1. The molecule has 0 spiro atoms. The third-order valence-electron chi connectivity index (χ3n) is 2.50. The lowest BCUT2D eigenvalue weighted by Gasteiger charge is -2.08. The van der Waals surface area contributed by atoms with Crippen LogP contribution < -0.4 is 5.32 Å². The van der Waals surface area contributed by atoms with Crippen LogP contribution in [0.4, 0.5) is 0 Å². The minimum atomic E-state index is -0.0113. The van der Waals surface area contributed by atoms with E-state index in [4.69, 9.17) is 0 Å². The SMILES string of the molecule is Cc1cccc(C(=O)NCCCC(C)Br)c1Br. The third-order valence-corrected chi connectivity index (χ3v) is 4.01. The lowest BCUT2D eigenvalue weighted by atomic mass is 10.1. The largest absolute Gasteiger partial charge is 0.352 e. The molecule has 17 heavy (non-hydrogen) atoms. The van der Waals surface area contributed by atoms with E-state index in [9.17, 15) is 4.79 Å². The first-order valence-corrected chi connectivity index (χ1v) is 7.40. The van der Waals surface area contributed by atoms with E-state index in [1.165, 1.54) is 0 Å². The Labute approximate surface area is 119 Å². The second kappa shape index (κ2) is 7.17. The summed E-state index contributed by atoms with van der Waals surface area (Å²) in [5.74, 6) is -0.0113. The zero-order valence-electron chi connectivity index (χ0n) is 10.1. The summed E-state index contributed by atoms with van der Waals surface area (Å²) in [5, 5.41) is 2.93. The van der Waals surface area contributed by atoms with E-state index in [-0.39, 0.29) is 5.91 Å². The smallest absolute Gasteiger partial charge is 0.252 e. The Morgan fingerprint density at radius 2 is 2.18 bits per heavy atom. The first kappa shape index (κ1) is 14.7. The van der Waals surface area contributed by atoms with Gasteiger partial charge in [-0.15, -0.1) is 0 Å². The predicted molar refractivity (Wildman–Crippen MR) is 78.8 cm³/mol. The number of hydrogen-bond acceptors (Lipinski definition) is 1. The van der Waals surface area contributed by atoms with Gasteiger partial charge in [-0.05, 0) is 47.3 Å². The topological polar surface area (TPSA) is 29.1 Å². The number of hydrogen-bond donors (Lipinski definition) is 1. The van der Waals surface area contributed by atoms with Crippen molar-refractivity contribution in [2.24, 2.45) is 0 Å². The van der Waals surface area contributed by atoms with E-state index in [0.717, 1.165) is 29.4 Å². The summed E-state index contributed by atoms with van der Waals surface area (Å²) in [6.45, 7) is 4.81. The van der Waals surface area contributed by atoms with Crippen molar-refractivity contribution in [2.45, 2.75) is 31.5 Å². The van der Waals surface area contributed by atoms with E-state index in [0.29, 0.717) is 10.4 Å². The average molecular weight is 363 g/mol. The number of rotatable bonds is 5. The van der Waals surface area contributed by atoms with Crippen LogP contribution in [0.1, 0.15) is 35.7 Å². The maximum atomic E-state index is 11.9. The highest BCUT2D eigenvalue weighted by molar-refractivity contribution is 9.10. The maximum Gasteiger partial charge on any atom is 0.252 e. The Kier molecular flexibility index (Phi) is 6.20. The molecule has 0 radical (unpaired) electrons. The highest BCUT2D eigenvalue weighted by atomic mass is 79.9. The van der Waals surface area contributed by atoms with Crippen molar-refractivity contribution in [1.29, 1.82) is 0 Å². The second-order valence-electron chi connectivity index (χ2n) is 4.12. The fourth-order valence-corrected chi connectivity index (χ4v) is 2.27. The molecule has 0 bridgehead atoms. The van der Waals surface area contributed by atoms with E-state index < -0.39 is 0 Å². The molecule has 1 rings (SSSR count). The van der Waals surface area contributed by atoms with Gasteiger partial charge in [-0.1, -0.05) is 35.0 Å². The van der Waals surface area contributed by atoms with E-state index >= 15 is 0 Å². The summed E-state index contributed by atoms with van der Waals surface area (Å²) in [5.41, 5.74) is 1.78. The first-order chi connectivity index (χ1) is 8.02. The van der Waals surface area contributed by atoms with Crippen molar-refractivity contribution in [3.8, 4) is 0 Å². The van der Waals surface area contributed by atoms with Gasteiger partial charge in [0.15, 0.2) is 0 Å². The average Bonchev–Trinajstić information content (AvgIpc) is 2.27. The molecule has 0 aliphatic carbocycles. The molecule has 0 aliphatic heterocycles. The molecule has 0 saturated heterocycles. The molecule has 94 valence electrons. The molecule has 1 amide bonds. The van der Waals surface area contributed by atoms with Crippen LogP contribution in [0.3, 0.4) is 0 Å². The highest BCUT2D eigenvalue weighted by Crippen LogP contribution is 2.20. The van der Waals surface area contributed by atoms with Crippen molar-refractivity contribution in [1.82, 2.24) is 5.32 Å². The summed E-state index contributed by atoms with van der Waals surface area (Å²) >= 11 is 6.93. The van der Waals surface area contributed by atoms with Crippen LogP contribution in [0.15, 0.2) is 22.7 Å². The fraction of sp³-hybridized carbons (Fsp3) is 0.462. The van der Waals surface area contributed by atoms with E-state index in [2.05, 4.69) is 44.1 Å². The number of carbonyl (C=O) groups excluding carboxylic acids is 1. The number of amides is 1. The molecule has 1 aromatic carbocycles. The van der Waals surface area contributed by atoms with Gasteiger partial charge in [0.25, 0.3) is 5.91 Å². The van der Waals surface area contributed by atoms with Crippen LogP contribution in [0, 0.1) is 6.92 Å². The molecule has 0 aliphatic rings. The molecule has 0 fully saturated rings. The standard InChI is InChI=1S/C13H17Br2NO/c1-9-5-3-7-11(12(9)15)13(17)16-8-4-6-10(2)14/h3,5,7,10H,4,6,8H2,1-2H3,(H,16,17). The Morgan fingerprint density at radius 3 is 2.82 bits per heavy atom. The zero-order chi connectivity index (χ0) is 12.8. The molecule has 1 N–H and O–H groups in total. The second-order valence-corrected chi connectivity index (χ2v) is 6.47. The van der Waals surface area contributed by atoms with Crippen molar-refractivity contribution in [3.05, 3.63) is 33.8 Å². The van der Waals surface area contributed by atoms with Crippen LogP contribution in [0.25, 0.3) is 0 Å². The summed E-state index contributed by atoms with van der Waals surface area (Å²) < 4.78 is 0.881. The summed E-state index contributed by atoms with van der Waals surface area (Å²) in [6.07, 6.45) is 2.05. The van der Waals surface area contributed by atoms with Gasteiger partial charge in [-0.3, -0.25) is 4.79 Å². The van der Waals surface area contributed by atoms with Crippen molar-refractivity contribution >= 4 is 37.8 Å². The molecule has 1 unspecified atom stereocenters. The molecule has 1 atom stereocenters. The minimum absolute atomic E-state index is 0.0113. The number of aryl methyl sites for hydroxylation is 1. The molecular weight excluding hydrogens is 346 g/mol. The van der Waals surface area contributed by atoms with E-state index in [1.807, 2.05) is 25.1 Å². The highest BCUT2D eigenvalue weighted by Gasteiger charge is 2.10. The molecule has 0 aromatic heterocycles. The van der Waals surface area contributed by atoms with Crippen LogP contribution in [0.2, 0.25) is 0 Å². The van der Waals surface area contributed by atoms with Gasteiger partial charge in [-0.2, -0.15) is 0 Å². The summed E-state index contributed by atoms with van der Waals surface area (Å²) in [7, 11) is 0. The van der Waals surface area contributed by atoms with Gasteiger partial charge in [-0.25, -0.2) is 0 Å². The summed E-state index contributed by atoms with van der Waals surface area (Å²) in [4.78, 5) is 12.4. The molecule has 4 heteroatoms. The zero-order valence-corrected chi connectivity index (χ0v) is 13.3. The maximum absolute atomic E-state index is 11.9. The number of benzene rings is 1. The van der Waals surface area contributed by atoms with Crippen LogP contribution >= 0.6 is 31.9 Å². The van der Waals surface area contributed by atoms with Crippen LogP contribution in [-0.2, 0) is 0 Å². The lowest BCUT2D eigenvalue weighted by molar-refractivity contribution is 0.0952. The van der Waals surface area contributed by atoms with Gasteiger partial charge in [0.2, 0.25) is 0 Å². The Hall–Kier alpha value is -0.350.